The molecule has 3 heteroatoms. The number of rotatable bonds is 4. The van der Waals surface area contributed by atoms with Gasteiger partial charge in [0.15, 0.2) is 0 Å². The molecule has 3 nitrogen and oxygen atoms in total. The van der Waals surface area contributed by atoms with Crippen molar-refractivity contribution in [2.75, 3.05) is 5.32 Å². The normalized spacial score (nSPS) is 10.1. The van der Waals surface area contributed by atoms with E-state index < -0.39 is 0 Å². The molecule has 23 heavy (non-hydrogen) atoms. The van der Waals surface area contributed by atoms with E-state index in [1.165, 1.54) is 0 Å². The second-order valence-corrected chi connectivity index (χ2v) is 5.22. The van der Waals surface area contributed by atoms with Crippen LogP contribution < -0.4 is 10.1 Å². The first-order valence-corrected chi connectivity index (χ1v) is 7.42. The summed E-state index contributed by atoms with van der Waals surface area (Å²) in [6, 6.07) is 24.3. The Kier molecular flexibility index (Phi) is 4.39. The monoisotopic (exact) mass is 303 g/mol. The predicted octanol–water partition coefficient (Wildman–Crippen LogP) is 5.04. The second-order valence-electron chi connectivity index (χ2n) is 5.22. The number of benzene rings is 3. The van der Waals surface area contributed by atoms with Crippen LogP contribution in [0.2, 0.25) is 0 Å². The number of aryl methyl sites for hydroxylation is 1. The summed E-state index contributed by atoms with van der Waals surface area (Å²) in [4.78, 5) is 12.2. The highest BCUT2D eigenvalue weighted by Crippen LogP contribution is 2.26. The molecule has 114 valence electrons. The van der Waals surface area contributed by atoms with Crippen molar-refractivity contribution in [2.45, 2.75) is 6.92 Å². The molecule has 1 amide bonds. The molecule has 0 aliphatic carbocycles. The number of nitrogens with one attached hydrogen (secondary N) is 1. The summed E-state index contributed by atoms with van der Waals surface area (Å²) in [7, 11) is 0. The minimum absolute atomic E-state index is 0.140. The van der Waals surface area contributed by atoms with E-state index in [0.717, 1.165) is 11.3 Å². The van der Waals surface area contributed by atoms with Gasteiger partial charge >= 0.3 is 0 Å². The maximum absolute atomic E-state index is 12.2. The van der Waals surface area contributed by atoms with Crippen LogP contribution in [0.3, 0.4) is 0 Å². The second kappa shape index (κ2) is 6.79. The first-order chi connectivity index (χ1) is 11.2. The van der Waals surface area contributed by atoms with E-state index in [2.05, 4.69) is 5.32 Å². The Hall–Kier alpha value is -3.07. The van der Waals surface area contributed by atoms with Crippen LogP contribution >= 0.6 is 0 Å². The van der Waals surface area contributed by atoms with E-state index in [1.807, 2.05) is 73.7 Å². The molecule has 0 bridgehead atoms. The molecule has 0 saturated heterocycles. The van der Waals surface area contributed by atoms with Gasteiger partial charge in [-0.3, -0.25) is 4.79 Å². The van der Waals surface area contributed by atoms with E-state index in [-0.39, 0.29) is 5.91 Å². The number of carbonyl (C=O) groups is 1. The lowest BCUT2D eigenvalue weighted by Crippen LogP contribution is -2.11. The average molecular weight is 303 g/mol. The Balaban J connectivity index is 1.75. The van der Waals surface area contributed by atoms with Crippen molar-refractivity contribution >= 4 is 11.6 Å². The van der Waals surface area contributed by atoms with E-state index in [4.69, 9.17) is 4.74 Å². The molecular formula is C20H17NO2. The summed E-state index contributed by atoms with van der Waals surface area (Å²) < 4.78 is 5.89. The molecule has 3 aromatic carbocycles. The standard InChI is InChI=1S/C20H17NO2/c1-15-8-5-6-13-19(15)23-18-12-7-11-17(14-18)21-20(22)16-9-3-2-4-10-16/h2-14H,1H3,(H,21,22). The molecule has 0 aliphatic heterocycles. The van der Waals surface area contributed by atoms with Crippen molar-refractivity contribution in [2.24, 2.45) is 0 Å². The molecule has 3 aromatic rings. The molecule has 0 radical (unpaired) electrons. The summed E-state index contributed by atoms with van der Waals surface area (Å²) in [5, 5.41) is 2.88. The maximum atomic E-state index is 12.2. The number of ether oxygens (including phenoxy) is 1. The van der Waals surface area contributed by atoms with Crippen LogP contribution in [-0.2, 0) is 0 Å². The number of amides is 1. The summed E-state index contributed by atoms with van der Waals surface area (Å²) in [6.45, 7) is 2.00. The molecule has 0 aromatic heterocycles. The first-order valence-electron chi connectivity index (χ1n) is 7.42. The van der Waals surface area contributed by atoms with Gasteiger partial charge in [-0.1, -0.05) is 42.5 Å². The van der Waals surface area contributed by atoms with Gasteiger partial charge in [-0.15, -0.1) is 0 Å². The quantitative estimate of drug-likeness (QED) is 0.733. The number of hydrogen-bond acceptors (Lipinski definition) is 2. The summed E-state index contributed by atoms with van der Waals surface area (Å²) >= 11 is 0. The van der Waals surface area contributed by atoms with Crippen LogP contribution in [0.15, 0.2) is 78.9 Å². The number of anilines is 1. The van der Waals surface area contributed by atoms with Crippen molar-refractivity contribution in [1.29, 1.82) is 0 Å². The number of carbonyl (C=O) groups excluding carboxylic acids is 1. The fraction of sp³-hybridized carbons (Fsp3) is 0.0500. The Bertz CT molecular complexity index is 813. The van der Waals surface area contributed by atoms with Gasteiger partial charge in [0.05, 0.1) is 0 Å². The van der Waals surface area contributed by atoms with Crippen molar-refractivity contribution in [3.63, 3.8) is 0 Å². The van der Waals surface area contributed by atoms with E-state index in [1.54, 1.807) is 12.1 Å². The van der Waals surface area contributed by atoms with Gasteiger partial charge in [0.1, 0.15) is 11.5 Å². The lowest BCUT2D eigenvalue weighted by Gasteiger charge is -2.10. The van der Waals surface area contributed by atoms with Gasteiger partial charge in [0.25, 0.3) is 5.91 Å². The third-order valence-electron chi connectivity index (χ3n) is 3.45. The molecule has 0 saturated carbocycles. The first kappa shape index (κ1) is 14.9. The van der Waals surface area contributed by atoms with Gasteiger partial charge in [-0.05, 0) is 42.8 Å². The smallest absolute Gasteiger partial charge is 0.255 e. The molecule has 0 aliphatic rings. The van der Waals surface area contributed by atoms with E-state index in [0.29, 0.717) is 17.0 Å². The Morgan fingerprint density at radius 3 is 2.39 bits per heavy atom. The summed E-state index contributed by atoms with van der Waals surface area (Å²) in [6.07, 6.45) is 0. The molecule has 1 N–H and O–H groups in total. The van der Waals surface area contributed by atoms with Crippen molar-refractivity contribution < 1.29 is 9.53 Å². The fourth-order valence-corrected chi connectivity index (χ4v) is 2.23. The molecule has 3 rings (SSSR count). The predicted molar refractivity (Wildman–Crippen MR) is 92.1 cm³/mol. The molecule has 0 fully saturated rings. The minimum atomic E-state index is -0.140. The van der Waals surface area contributed by atoms with Crippen molar-refractivity contribution in [3.05, 3.63) is 90.0 Å². The van der Waals surface area contributed by atoms with Crippen LogP contribution in [0.5, 0.6) is 11.5 Å². The molecule has 0 heterocycles. The van der Waals surface area contributed by atoms with E-state index >= 15 is 0 Å². The zero-order valence-electron chi connectivity index (χ0n) is 12.8. The SMILES string of the molecule is Cc1ccccc1Oc1cccc(NC(=O)c2ccccc2)c1. The van der Waals surface area contributed by atoms with Gasteiger partial charge in [-0.25, -0.2) is 0 Å². The van der Waals surface area contributed by atoms with Crippen LogP contribution in [0.1, 0.15) is 15.9 Å². The summed E-state index contributed by atoms with van der Waals surface area (Å²) in [5.41, 5.74) is 2.38. The highest BCUT2D eigenvalue weighted by molar-refractivity contribution is 6.04. The van der Waals surface area contributed by atoms with E-state index in [9.17, 15) is 4.79 Å². The average Bonchev–Trinajstić information content (AvgIpc) is 2.58. The van der Waals surface area contributed by atoms with Gasteiger partial charge < -0.3 is 10.1 Å². The molecule has 0 unspecified atom stereocenters. The zero-order valence-corrected chi connectivity index (χ0v) is 12.8. The number of hydrogen-bond donors (Lipinski definition) is 1. The van der Waals surface area contributed by atoms with Crippen molar-refractivity contribution in [1.82, 2.24) is 0 Å². The molecular weight excluding hydrogens is 286 g/mol. The zero-order chi connectivity index (χ0) is 16.1. The van der Waals surface area contributed by atoms with Crippen LogP contribution in [-0.4, -0.2) is 5.91 Å². The Morgan fingerprint density at radius 2 is 1.61 bits per heavy atom. The lowest BCUT2D eigenvalue weighted by atomic mass is 10.2. The van der Waals surface area contributed by atoms with Gasteiger partial charge in [0.2, 0.25) is 0 Å². The Morgan fingerprint density at radius 1 is 0.870 bits per heavy atom. The molecule has 0 spiro atoms. The van der Waals surface area contributed by atoms with Gasteiger partial charge in [0, 0.05) is 17.3 Å². The van der Waals surface area contributed by atoms with Gasteiger partial charge in [-0.2, -0.15) is 0 Å². The minimum Gasteiger partial charge on any atom is -0.457 e. The van der Waals surface area contributed by atoms with Crippen LogP contribution in [0, 0.1) is 6.92 Å². The lowest BCUT2D eigenvalue weighted by molar-refractivity contribution is 0.102. The summed E-state index contributed by atoms with van der Waals surface area (Å²) in [5.74, 6) is 1.35. The van der Waals surface area contributed by atoms with Crippen LogP contribution in [0.4, 0.5) is 5.69 Å². The molecule has 0 atom stereocenters. The fourth-order valence-electron chi connectivity index (χ4n) is 2.23. The highest BCUT2D eigenvalue weighted by Gasteiger charge is 2.06. The topological polar surface area (TPSA) is 38.3 Å². The maximum Gasteiger partial charge on any atom is 0.255 e. The largest absolute Gasteiger partial charge is 0.457 e. The third kappa shape index (κ3) is 3.77. The number of para-hydroxylation sites is 1. The Labute approximate surface area is 135 Å². The van der Waals surface area contributed by atoms with Crippen LogP contribution in [0.25, 0.3) is 0 Å². The van der Waals surface area contributed by atoms with Crippen molar-refractivity contribution in [3.8, 4) is 11.5 Å². The third-order valence-corrected chi connectivity index (χ3v) is 3.45. The highest BCUT2D eigenvalue weighted by atomic mass is 16.5.